The lowest BCUT2D eigenvalue weighted by atomic mass is 10.5. The predicted octanol–water partition coefficient (Wildman–Crippen LogP) is 0.852. The highest BCUT2D eigenvalue weighted by Crippen LogP contribution is 1.86. The lowest BCUT2D eigenvalue weighted by Crippen LogP contribution is -2.39. The van der Waals surface area contributed by atoms with Crippen molar-refractivity contribution in [1.82, 2.24) is 0 Å². The molecule has 0 aromatic carbocycles. The summed E-state index contributed by atoms with van der Waals surface area (Å²) in [6, 6.07) is 5.89. The van der Waals surface area contributed by atoms with Crippen molar-refractivity contribution in [2.24, 2.45) is 0 Å². The smallest absolute Gasteiger partial charge is 0.359 e. The van der Waals surface area contributed by atoms with Crippen LogP contribution in [-0.4, -0.2) is 43.2 Å². The largest absolute Gasteiger partial charge is 0.477 e. The highest BCUT2D eigenvalue weighted by Gasteiger charge is 2.11. The van der Waals surface area contributed by atoms with E-state index in [4.69, 9.17) is 5.11 Å². The van der Waals surface area contributed by atoms with Crippen LogP contribution in [0.1, 0.15) is 0 Å². The van der Waals surface area contributed by atoms with Crippen molar-refractivity contribution < 1.29 is 19.0 Å². The molecule has 1 N–H and O–H groups in total. The molecule has 4 heteroatoms. The highest BCUT2D eigenvalue weighted by atomic mass is 16.4. The Hall–Kier alpha value is -1.68. The van der Waals surface area contributed by atoms with Crippen LogP contribution in [0.5, 0.6) is 0 Å². The van der Waals surface area contributed by atoms with Crippen LogP contribution in [0, 0.1) is 0 Å². The minimum absolute atomic E-state index is 0.181. The van der Waals surface area contributed by atoms with Crippen LogP contribution in [0.2, 0.25) is 0 Å². The van der Waals surface area contributed by atoms with Crippen LogP contribution in [0.25, 0.3) is 6.20 Å². The third-order valence-corrected chi connectivity index (χ3v) is 1.56. The van der Waals surface area contributed by atoms with E-state index in [-0.39, 0.29) is 6.54 Å². The van der Waals surface area contributed by atoms with Gasteiger partial charge in [-0.05, 0) is 6.58 Å². The van der Waals surface area contributed by atoms with Crippen molar-refractivity contribution >= 4 is 12.2 Å². The molecular formula is C12H20N2O2+2. The van der Waals surface area contributed by atoms with Crippen molar-refractivity contribution in [3.63, 3.8) is 0 Å². The van der Waals surface area contributed by atoms with Gasteiger partial charge in [0.05, 0.1) is 21.1 Å². The van der Waals surface area contributed by atoms with Crippen LogP contribution in [-0.2, 0) is 4.79 Å². The number of hydrogen-bond donors (Lipinski definition) is 1. The summed E-state index contributed by atoms with van der Waals surface area (Å²) in [6.07, 6.45) is 5.62. The Morgan fingerprint density at radius 1 is 1.31 bits per heavy atom. The summed E-state index contributed by atoms with van der Waals surface area (Å²) >= 11 is 0. The summed E-state index contributed by atoms with van der Waals surface area (Å²) in [7, 11) is 5.52. The van der Waals surface area contributed by atoms with E-state index in [1.165, 1.54) is 0 Å². The first-order chi connectivity index (χ1) is 7.35. The minimum atomic E-state index is -0.752. The van der Waals surface area contributed by atoms with Gasteiger partial charge >= 0.3 is 5.97 Å². The fraction of sp³-hybridized carbons (Fsp3) is 0.333. The Morgan fingerprint density at radius 3 is 2.00 bits per heavy atom. The van der Waals surface area contributed by atoms with Crippen LogP contribution in [0.3, 0.4) is 0 Å². The van der Waals surface area contributed by atoms with Gasteiger partial charge in [-0.2, -0.15) is 4.57 Å². The van der Waals surface area contributed by atoms with Crippen LogP contribution in [0.4, 0.5) is 0 Å². The van der Waals surface area contributed by atoms with E-state index >= 15 is 0 Å². The molecule has 0 radical (unpaired) electrons. The van der Waals surface area contributed by atoms with E-state index in [2.05, 4.69) is 6.58 Å². The number of rotatable bonds is 3. The number of pyridine rings is 1. The molecule has 0 aliphatic carbocycles. The molecule has 0 fully saturated rings. The van der Waals surface area contributed by atoms with E-state index in [1.807, 2.05) is 56.3 Å². The molecule has 16 heavy (non-hydrogen) atoms. The Balaban J connectivity index is 0.000000281. The zero-order valence-electron chi connectivity index (χ0n) is 10.1. The third kappa shape index (κ3) is 8.90. The van der Waals surface area contributed by atoms with Crippen molar-refractivity contribution in [2.75, 3.05) is 27.7 Å². The van der Waals surface area contributed by atoms with Gasteiger partial charge in [-0.15, -0.1) is 0 Å². The summed E-state index contributed by atoms with van der Waals surface area (Å²) in [5.41, 5.74) is 0. The average molecular weight is 224 g/mol. The molecule has 1 rings (SSSR count). The van der Waals surface area contributed by atoms with Crippen LogP contribution in [0.15, 0.2) is 37.2 Å². The lowest BCUT2D eigenvalue weighted by molar-refractivity contribution is -0.862. The van der Waals surface area contributed by atoms with E-state index in [1.54, 1.807) is 6.20 Å². The van der Waals surface area contributed by atoms with Gasteiger partial charge in [0.1, 0.15) is 0 Å². The zero-order valence-corrected chi connectivity index (χ0v) is 10.1. The topological polar surface area (TPSA) is 41.2 Å². The molecule has 0 bridgehead atoms. The van der Waals surface area contributed by atoms with Gasteiger partial charge in [-0.1, -0.05) is 6.07 Å². The summed E-state index contributed by atoms with van der Waals surface area (Å²) < 4.78 is 2.37. The second kappa shape index (κ2) is 6.74. The second-order valence-corrected chi connectivity index (χ2v) is 4.35. The Kier molecular flexibility index (Phi) is 6.03. The molecule has 0 amide bonds. The maximum Gasteiger partial charge on any atom is 0.359 e. The fourth-order valence-electron chi connectivity index (χ4n) is 0.939. The normalized spacial score (nSPS) is 9.94. The number of hydrogen-bond acceptors (Lipinski definition) is 1. The number of carboxylic acids is 1. The Bertz CT molecular complexity index is 329. The van der Waals surface area contributed by atoms with Crippen molar-refractivity contribution in [2.45, 2.75) is 0 Å². The lowest BCUT2D eigenvalue weighted by Gasteiger charge is -2.20. The molecule has 0 aliphatic heterocycles. The summed E-state index contributed by atoms with van der Waals surface area (Å²) in [5.74, 6) is -0.752. The van der Waals surface area contributed by atoms with Gasteiger partial charge in [-0.25, -0.2) is 4.79 Å². The van der Waals surface area contributed by atoms with E-state index in [0.717, 1.165) is 0 Å². The first-order valence-corrected chi connectivity index (χ1v) is 4.96. The molecule has 4 nitrogen and oxygen atoms in total. The molecule has 88 valence electrons. The van der Waals surface area contributed by atoms with Crippen molar-refractivity contribution in [3.8, 4) is 0 Å². The molecule has 0 aliphatic rings. The predicted molar refractivity (Wildman–Crippen MR) is 63.6 cm³/mol. The molecule has 1 aromatic heterocycles. The fourth-order valence-corrected chi connectivity index (χ4v) is 0.939. The minimum Gasteiger partial charge on any atom is -0.477 e. The number of likely N-dealkylation sites (N-methyl/N-ethyl adjacent to an activating group) is 1. The molecule has 1 aromatic rings. The summed E-state index contributed by atoms with van der Waals surface area (Å²) in [4.78, 5) is 10.00. The Morgan fingerprint density at radius 2 is 1.81 bits per heavy atom. The average Bonchev–Trinajstić information content (AvgIpc) is 2.16. The van der Waals surface area contributed by atoms with Crippen molar-refractivity contribution in [3.05, 3.63) is 37.2 Å². The molecule has 0 saturated carbocycles. The van der Waals surface area contributed by atoms with E-state index in [0.29, 0.717) is 4.48 Å². The maximum absolute atomic E-state index is 10.00. The number of nitrogens with zero attached hydrogens (tertiary/aromatic N) is 2. The number of carbonyl (C=O) groups is 1. The monoisotopic (exact) mass is 224 g/mol. The van der Waals surface area contributed by atoms with Gasteiger partial charge in [0.25, 0.3) is 0 Å². The molecule has 0 unspecified atom stereocenters. The molecule has 1 heterocycles. The zero-order chi connectivity index (χ0) is 12.6. The van der Waals surface area contributed by atoms with Crippen LogP contribution >= 0.6 is 0 Å². The highest BCUT2D eigenvalue weighted by molar-refractivity contribution is 5.67. The maximum atomic E-state index is 10.00. The standard InChI is InChI=1S/C7H8N.C5H11NO2/c1-2-8-6-4-3-5-7-8;1-6(2,3)4-5(7)8/h2-7H,1H2;4H2,1-3H3/q+1;/p+1. The van der Waals surface area contributed by atoms with E-state index < -0.39 is 5.97 Å². The Labute approximate surface area is 96.7 Å². The van der Waals surface area contributed by atoms with Gasteiger partial charge in [0.15, 0.2) is 25.1 Å². The van der Waals surface area contributed by atoms with Crippen molar-refractivity contribution in [1.29, 1.82) is 0 Å². The second-order valence-electron chi connectivity index (χ2n) is 4.35. The third-order valence-electron chi connectivity index (χ3n) is 1.56. The first kappa shape index (κ1) is 14.3. The number of aromatic nitrogens is 1. The van der Waals surface area contributed by atoms with Crippen LogP contribution < -0.4 is 4.57 Å². The first-order valence-electron chi connectivity index (χ1n) is 4.96. The van der Waals surface area contributed by atoms with E-state index in [9.17, 15) is 4.79 Å². The summed E-state index contributed by atoms with van der Waals surface area (Å²) in [6.45, 7) is 3.77. The van der Waals surface area contributed by atoms with Gasteiger partial charge in [0.2, 0.25) is 0 Å². The quantitative estimate of drug-likeness (QED) is 0.611. The van der Waals surface area contributed by atoms with Gasteiger partial charge in [-0.3, -0.25) is 0 Å². The van der Waals surface area contributed by atoms with Gasteiger partial charge in [0, 0.05) is 12.1 Å². The number of quaternary nitrogens is 1. The SMILES string of the molecule is C=C[n+]1ccccc1.C[N+](C)(C)CC(=O)O. The summed E-state index contributed by atoms with van der Waals surface area (Å²) in [5, 5.41) is 8.23. The van der Waals surface area contributed by atoms with Gasteiger partial charge < -0.3 is 9.59 Å². The number of carboxylic acid groups (broad SMARTS) is 1. The molecule has 0 saturated heterocycles. The molecule has 0 atom stereocenters. The molecule has 0 spiro atoms. The molecular weight excluding hydrogens is 204 g/mol. The number of aliphatic carboxylic acids is 1.